The van der Waals surface area contributed by atoms with Gasteiger partial charge in [-0.2, -0.15) is 4.98 Å². The van der Waals surface area contributed by atoms with Crippen LogP contribution in [0.5, 0.6) is 5.75 Å². The molecule has 1 N–H and O–H groups in total. The first-order valence-electron chi connectivity index (χ1n) is 11.7. The first kappa shape index (κ1) is 22.0. The van der Waals surface area contributed by atoms with Crippen LogP contribution < -0.4 is 15.6 Å². The maximum absolute atomic E-state index is 13.7. The topological polar surface area (TPSA) is 117 Å². The van der Waals surface area contributed by atoms with E-state index < -0.39 is 0 Å². The second-order valence-electron chi connectivity index (χ2n) is 9.08. The first-order chi connectivity index (χ1) is 17.5. The molecule has 0 radical (unpaired) electrons. The number of aryl methyl sites for hydroxylation is 1. The summed E-state index contributed by atoms with van der Waals surface area (Å²) in [6.07, 6.45) is 3.59. The quantitative estimate of drug-likeness (QED) is 0.375. The third-order valence-electron chi connectivity index (χ3n) is 6.40. The Morgan fingerprint density at radius 3 is 2.75 bits per heavy atom. The Kier molecular flexibility index (Phi) is 5.28. The molecule has 6 rings (SSSR count). The highest BCUT2D eigenvalue weighted by atomic mass is 16.5. The molecule has 3 heterocycles. The number of carbonyl (C=O) groups is 1. The number of benzene rings is 2. The smallest absolute Gasteiger partial charge is 0.278 e. The monoisotopic (exact) mass is 484 g/mol. The molecule has 2 aromatic carbocycles. The maximum Gasteiger partial charge on any atom is 0.278 e. The van der Waals surface area contributed by atoms with E-state index in [4.69, 9.17) is 9.26 Å². The Morgan fingerprint density at radius 1 is 1.19 bits per heavy atom. The van der Waals surface area contributed by atoms with E-state index in [1.54, 1.807) is 17.7 Å². The van der Waals surface area contributed by atoms with Crippen LogP contribution in [-0.4, -0.2) is 37.3 Å². The van der Waals surface area contributed by atoms with Crippen LogP contribution in [0.2, 0.25) is 0 Å². The highest BCUT2D eigenvalue weighted by molar-refractivity contribution is 6.07. The van der Waals surface area contributed by atoms with Gasteiger partial charge in [0, 0.05) is 17.0 Å². The van der Waals surface area contributed by atoms with Crippen molar-refractivity contribution in [2.24, 2.45) is 0 Å². The Bertz CT molecular complexity index is 1660. The molecule has 0 bridgehead atoms. The molecule has 1 amide bonds. The van der Waals surface area contributed by atoms with E-state index in [9.17, 15) is 9.59 Å². The van der Waals surface area contributed by atoms with E-state index in [0.717, 1.165) is 23.8 Å². The highest BCUT2D eigenvalue weighted by Gasteiger charge is 2.29. The zero-order chi connectivity index (χ0) is 24.8. The Labute approximate surface area is 205 Å². The standard InChI is InChI=1S/C26H24N6O4/c1-15-3-7-17(8-4-15)28-21(33)12-32-20-10-9-18(35-2)11-19(20)23-24(32)26(34)31(14-27-23)13-22-29-25(30-36-22)16-5-6-16/h3-4,7-11,14,16H,5-6,12-13H2,1-2H3,(H,28,33). The predicted octanol–water partition coefficient (Wildman–Crippen LogP) is 3.62. The highest BCUT2D eigenvalue weighted by Crippen LogP contribution is 2.38. The van der Waals surface area contributed by atoms with Gasteiger partial charge in [0.05, 0.1) is 19.0 Å². The lowest BCUT2D eigenvalue weighted by Crippen LogP contribution is -2.25. The summed E-state index contributed by atoms with van der Waals surface area (Å²) in [5.74, 6) is 1.76. The van der Waals surface area contributed by atoms with Crippen LogP contribution >= 0.6 is 0 Å². The van der Waals surface area contributed by atoms with Crippen molar-refractivity contribution in [1.82, 2.24) is 24.3 Å². The van der Waals surface area contributed by atoms with Gasteiger partial charge in [-0.05, 0) is 50.1 Å². The average molecular weight is 485 g/mol. The van der Waals surface area contributed by atoms with E-state index in [1.165, 1.54) is 10.9 Å². The lowest BCUT2D eigenvalue weighted by atomic mass is 10.2. The number of hydrogen-bond donors (Lipinski definition) is 1. The number of rotatable bonds is 7. The minimum absolute atomic E-state index is 0.0620. The second kappa shape index (κ2) is 8.63. The number of aromatic nitrogens is 5. The van der Waals surface area contributed by atoms with Crippen molar-refractivity contribution in [2.45, 2.75) is 38.8 Å². The number of amides is 1. The van der Waals surface area contributed by atoms with Gasteiger partial charge in [0.15, 0.2) is 5.82 Å². The summed E-state index contributed by atoms with van der Waals surface area (Å²) in [5.41, 5.74) is 3.01. The van der Waals surface area contributed by atoms with E-state index in [2.05, 4.69) is 20.4 Å². The summed E-state index contributed by atoms with van der Waals surface area (Å²) in [5, 5.41) is 7.66. The summed E-state index contributed by atoms with van der Waals surface area (Å²) in [7, 11) is 1.58. The molecule has 1 saturated carbocycles. The Morgan fingerprint density at radius 2 is 2.00 bits per heavy atom. The SMILES string of the molecule is COc1ccc2c(c1)c1ncn(Cc3nc(C4CC4)no3)c(=O)c1n2CC(=O)Nc1ccc(C)cc1. The van der Waals surface area contributed by atoms with Crippen molar-refractivity contribution in [3.8, 4) is 5.75 Å². The van der Waals surface area contributed by atoms with Crippen molar-refractivity contribution >= 4 is 33.5 Å². The molecule has 182 valence electrons. The third kappa shape index (κ3) is 4.00. The van der Waals surface area contributed by atoms with E-state index in [0.29, 0.717) is 45.6 Å². The molecule has 1 fully saturated rings. The number of hydrogen-bond acceptors (Lipinski definition) is 7. The van der Waals surface area contributed by atoms with Gasteiger partial charge in [-0.3, -0.25) is 14.2 Å². The lowest BCUT2D eigenvalue weighted by molar-refractivity contribution is -0.116. The van der Waals surface area contributed by atoms with Gasteiger partial charge in [0.2, 0.25) is 11.8 Å². The molecule has 0 atom stereocenters. The number of methoxy groups -OCH3 is 1. The van der Waals surface area contributed by atoms with Crippen LogP contribution in [0.1, 0.15) is 36.0 Å². The molecule has 3 aromatic heterocycles. The van der Waals surface area contributed by atoms with Gasteiger partial charge in [-0.15, -0.1) is 0 Å². The first-order valence-corrected chi connectivity index (χ1v) is 11.7. The third-order valence-corrected chi connectivity index (χ3v) is 6.40. The molecule has 36 heavy (non-hydrogen) atoms. The molecule has 5 aromatic rings. The van der Waals surface area contributed by atoms with E-state index >= 15 is 0 Å². The summed E-state index contributed by atoms with van der Waals surface area (Å²) in [4.78, 5) is 35.7. The van der Waals surface area contributed by atoms with Crippen LogP contribution in [0, 0.1) is 6.92 Å². The lowest BCUT2D eigenvalue weighted by Gasteiger charge is -2.10. The fraction of sp³-hybridized carbons (Fsp3) is 0.269. The maximum atomic E-state index is 13.7. The summed E-state index contributed by atoms with van der Waals surface area (Å²) >= 11 is 0. The van der Waals surface area contributed by atoms with E-state index in [1.807, 2.05) is 43.3 Å². The van der Waals surface area contributed by atoms with Crippen LogP contribution in [0.3, 0.4) is 0 Å². The summed E-state index contributed by atoms with van der Waals surface area (Å²) in [6.45, 7) is 2.02. The Balaban J connectivity index is 1.41. The minimum atomic E-state index is -0.301. The molecular weight excluding hydrogens is 460 g/mol. The van der Waals surface area contributed by atoms with Crippen molar-refractivity contribution in [3.05, 3.63) is 76.4 Å². The number of anilines is 1. The van der Waals surface area contributed by atoms with Crippen LogP contribution in [0.15, 0.2) is 58.1 Å². The normalized spacial score (nSPS) is 13.4. The van der Waals surface area contributed by atoms with Crippen molar-refractivity contribution < 1.29 is 14.1 Å². The average Bonchev–Trinajstić information content (AvgIpc) is 3.55. The van der Waals surface area contributed by atoms with Crippen LogP contribution in [0.25, 0.3) is 21.9 Å². The molecule has 0 unspecified atom stereocenters. The number of ether oxygens (including phenoxy) is 1. The Hall–Kier alpha value is -4.47. The summed E-state index contributed by atoms with van der Waals surface area (Å²) in [6, 6.07) is 13.0. The molecule has 1 aliphatic carbocycles. The molecule has 10 nitrogen and oxygen atoms in total. The van der Waals surface area contributed by atoms with Crippen LogP contribution in [0.4, 0.5) is 5.69 Å². The van der Waals surface area contributed by atoms with Gasteiger partial charge >= 0.3 is 0 Å². The molecule has 1 aliphatic rings. The van der Waals surface area contributed by atoms with Gasteiger partial charge in [-0.25, -0.2) is 4.98 Å². The number of nitrogens with zero attached hydrogens (tertiary/aromatic N) is 5. The van der Waals surface area contributed by atoms with Crippen molar-refractivity contribution in [3.63, 3.8) is 0 Å². The molecule has 0 saturated heterocycles. The van der Waals surface area contributed by atoms with Gasteiger partial charge < -0.3 is 19.1 Å². The number of nitrogens with one attached hydrogen (secondary N) is 1. The largest absolute Gasteiger partial charge is 0.497 e. The zero-order valence-corrected chi connectivity index (χ0v) is 19.9. The fourth-order valence-corrected chi connectivity index (χ4v) is 4.35. The number of fused-ring (bicyclic) bond motifs is 3. The molecular formula is C26H24N6O4. The predicted molar refractivity (Wildman–Crippen MR) is 133 cm³/mol. The van der Waals surface area contributed by atoms with E-state index in [-0.39, 0.29) is 24.6 Å². The van der Waals surface area contributed by atoms with Crippen LogP contribution in [-0.2, 0) is 17.9 Å². The summed E-state index contributed by atoms with van der Waals surface area (Å²) < 4.78 is 13.9. The second-order valence-corrected chi connectivity index (χ2v) is 9.08. The molecule has 10 heteroatoms. The van der Waals surface area contributed by atoms with Gasteiger partial charge in [-0.1, -0.05) is 22.9 Å². The fourth-order valence-electron chi connectivity index (χ4n) is 4.35. The molecule has 0 aliphatic heterocycles. The van der Waals surface area contributed by atoms with Crippen molar-refractivity contribution in [2.75, 3.05) is 12.4 Å². The van der Waals surface area contributed by atoms with Crippen molar-refractivity contribution in [1.29, 1.82) is 0 Å². The zero-order valence-electron chi connectivity index (χ0n) is 19.9. The van der Waals surface area contributed by atoms with Gasteiger partial charge in [0.1, 0.15) is 29.9 Å². The number of carbonyl (C=O) groups excluding carboxylic acids is 1. The molecule has 0 spiro atoms. The minimum Gasteiger partial charge on any atom is -0.497 e. The van der Waals surface area contributed by atoms with Gasteiger partial charge in [0.25, 0.3) is 5.56 Å².